The van der Waals surface area contributed by atoms with Crippen LogP contribution in [0, 0.1) is 6.92 Å². The number of benzene rings is 1. The smallest absolute Gasteiger partial charge is 0.227 e. The van der Waals surface area contributed by atoms with Crippen molar-refractivity contribution < 1.29 is 0 Å². The SMILES string of the molecule is Cc1nc(-c2cccnc2)sc1-c1ccnc(Nc2ccc(N3CCSCC3)cc2)n1. The maximum absolute atomic E-state index is 4.74. The van der Waals surface area contributed by atoms with Crippen molar-refractivity contribution in [2.45, 2.75) is 6.92 Å². The van der Waals surface area contributed by atoms with Crippen molar-refractivity contribution in [3.05, 3.63) is 66.7 Å². The average Bonchev–Trinajstić information content (AvgIpc) is 3.23. The molecular formula is C23H22N6S2. The summed E-state index contributed by atoms with van der Waals surface area (Å²) in [6, 6.07) is 14.4. The molecule has 0 atom stereocenters. The highest BCUT2D eigenvalue weighted by Gasteiger charge is 2.14. The van der Waals surface area contributed by atoms with Gasteiger partial charge < -0.3 is 10.2 Å². The molecule has 0 radical (unpaired) electrons. The third kappa shape index (κ3) is 4.55. The second kappa shape index (κ2) is 9.03. The first-order chi connectivity index (χ1) is 15.3. The lowest BCUT2D eigenvalue weighted by atomic mass is 10.2. The fraction of sp³-hybridized carbons (Fsp3) is 0.217. The topological polar surface area (TPSA) is 66.8 Å². The zero-order valence-corrected chi connectivity index (χ0v) is 18.8. The molecule has 6 nitrogen and oxygen atoms in total. The van der Waals surface area contributed by atoms with Crippen LogP contribution < -0.4 is 10.2 Å². The number of aryl methyl sites for hydroxylation is 1. The summed E-state index contributed by atoms with van der Waals surface area (Å²) >= 11 is 3.64. The Bertz CT molecular complexity index is 1150. The van der Waals surface area contributed by atoms with Gasteiger partial charge in [0.1, 0.15) is 5.01 Å². The number of hydrogen-bond donors (Lipinski definition) is 1. The zero-order chi connectivity index (χ0) is 21.0. The van der Waals surface area contributed by atoms with Crippen LogP contribution in [0.5, 0.6) is 0 Å². The summed E-state index contributed by atoms with van der Waals surface area (Å²) in [4.78, 5) is 21.5. The van der Waals surface area contributed by atoms with Gasteiger partial charge in [-0.1, -0.05) is 0 Å². The number of rotatable bonds is 5. The Kier molecular flexibility index (Phi) is 5.82. The van der Waals surface area contributed by atoms with Crippen LogP contribution in [0.3, 0.4) is 0 Å². The van der Waals surface area contributed by atoms with Gasteiger partial charge in [-0.3, -0.25) is 4.98 Å². The van der Waals surface area contributed by atoms with E-state index in [1.165, 1.54) is 17.2 Å². The van der Waals surface area contributed by atoms with Crippen molar-refractivity contribution in [2.75, 3.05) is 34.8 Å². The van der Waals surface area contributed by atoms with E-state index in [9.17, 15) is 0 Å². The Labute approximate surface area is 189 Å². The number of thiazole rings is 1. The van der Waals surface area contributed by atoms with Crippen molar-refractivity contribution >= 4 is 40.4 Å². The maximum atomic E-state index is 4.74. The van der Waals surface area contributed by atoms with Gasteiger partial charge in [-0.05, 0) is 49.4 Å². The molecule has 1 aliphatic rings. The first-order valence-electron chi connectivity index (χ1n) is 10.2. The van der Waals surface area contributed by atoms with Crippen LogP contribution in [0.4, 0.5) is 17.3 Å². The van der Waals surface area contributed by atoms with Gasteiger partial charge >= 0.3 is 0 Å². The van der Waals surface area contributed by atoms with Gasteiger partial charge in [0.25, 0.3) is 0 Å². The minimum absolute atomic E-state index is 0.579. The van der Waals surface area contributed by atoms with E-state index in [4.69, 9.17) is 9.97 Å². The van der Waals surface area contributed by atoms with Crippen molar-refractivity contribution in [2.24, 2.45) is 0 Å². The molecule has 5 rings (SSSR count). The molecule has 1 N–H and O–H groups in total. The molecule has 3 aromatic heterocycles. The van der Waals surface area contributed by atoms with Gasteiger partial charge in [-0.25, -0.2) is 15.0 Å². The van der Waals surface area contributed by atoms with Gasteiger partial charge in [-0.15, -0.1) is 11.3 Å². The fourth-order valence-electron chi connectivity index (χ4n) is 3.50. The molecule has 0 aliphatic carbocycles. The lowest BCUT2D eigenvalue weighted by Gasteiger charge is -2.28. The van der Waals surface area contributed by atoms with E-state index in [2.05, 4.69) is 44.5 Å². The molecule has 0 bridgehead atoms. The van der Waals surface area contributed by atoms with Gasteiger partial charge in [-0.2, -0.15) is 11.8 Å². The third-order valence-electron chi connectivity index (χ3n) is 5.09. The van der Waals surface area contributed by atoms with Crippen molar-refractivity contribution in [1.29, 1.82) is 0 Å². The summed E-state index contributed by atoms with van der Waals surface area (Å²) in [5.74, 6) is 2.97. The molecule has 1 fully saturated rings. The molecule has 156 valence electrons. The number of thioether (sulfide) groups is 1. The van der Waals surface area contributed by atoms with Gasteiger partial charge in [0, 0.05) is 60.1 Å². The minimum Gasteiger partial charge on any atom is -0.370 e. The minimum atomic E-state index is 0.579. The molecule has 8 heteroatoms. The average molecular weight is 447 g/mol. The molecule has 1 aromatic carbocycles. The van der Waals surface area contributed by atoms with Crippen LogP contribution in [0.25, 0.3) is 21.1 Å². The van der Waals surface area contributed by atoms with E-state index in [1.807, 2.05) is 43.1 Å². The molecule has 31 heavy (non-hydrogen) atoms. The largest absolute Gasteiger partial charge is 0.370 e. The summed E-state index contributed by atoms with van der Waals surface area (Å²) in [5.41, 5.74) is 5.08. The second-order valence-electron chi connectivity index (χ2n) is 7.21. The van der Waals surface area contributed by atoms with Crippen LogP contribution in [-0.2, 0) is 0 Å². The van der Waals surface area contributed by atoms with E-state index in [0.717, 1.165) is 45.6 Å². The molecule has 4 heterocycles. The summed E-state index contributed by atoms with van der Waals surface area (Å²) in [7, 11) is 0. The highest BCUT2D eigenvalue weighted by molar-refractivity contribution is 7.99. The van der Waals surface area contributed by atoms with Crippen LogP contribution in [0.15, 0.2) is 61.1 Å². The Morgan fingerprint density at radius 1 is 0.968 bits per heavy atom. The van der Waals surface area contributed by atoms with Crippen LogP contribution in [-0.4, -0.2) is 44.5 Å². The van der Waals surface area contributed by atoms with E-state index >= 15 is 0 Å². The summed E-state index contributed by atoms with van der Waals surface area (Å²) in [6.45, 7) is 4.23. The van der Waals surface area contributed by atoms with E-state index < -0.39 is 0 Å². The lowest BCUT2D eigenvalue weighted by Crippen LogP contribution is -2.32. The summed E-state index contributed by atoms with van der Waals surface area (Å²) < 4.78 is 0. The number of nitrogens with one attached hydrogen (secondary N) is 1. The highest BCUT2D eigenvalue weighted by atomic mass is 32.2. The standard InChI is InChI=1S/C23H22N6S2/c1-16-21(31-22(26-16)17-3-2-9-24-15-17)20-8-10-25-23(28-20)27-18-4-6-19(7-5-18)29-11-13-30-14-12-29/h2-10,15H,11-14H2,1H3,(H,25,27,28). The Morgan fingerprint density at radius 2 is 1.81 bits per heavy atom. The predicted molar refractivity (Wildman–Crippen MR) is 130 cm³/mol. The quantitative estimate of drug-likeness (QED) is 0.448. The molecule has 0 unspecified atom stereocenters. The van der Waals surface area contributed by atoms with Crippen molar-refractivity contribution in [3.63, 3.8) is 0 Å². The Balaban J connectivity index is 1.34. The van der Waals surface area contributed by atoms with Gasteiger partial charge in [0.2, 0.25) is 5.95 Å². The maximum Gasteiger partial charge on any atom is 0.227 e. The number of anilines is 3. The number of pyridine rings is 1. The summed E-state index contributed by atoms with van der Waals surface area (Å²) in [5, 5.41) is 4.28. The predicted octanol–water partition coefficient (Wildman–Crippen LogP) is 5.27. The molecule has 1 aliphatic heterocycles. The Morgan fingerprint density at radius 3 is 2.58 bits per heavy atom. The first kappa shape index (κ1) is 20.0. The summed E-state index contributed by atoms with van der Waals surface area (Å²) in [6.07, 6.45) is 5.39. The molecule has 0 spiro atoms. The van der Waals surface area contributed by atoms with Gasteiger partial charge in [0.05, 0.1) is 16.3 Å². The molecular weight excluding hydrogens is 424 g/mol. The van der Waals surface area contributed by atoms with Crippen LogP contribution >= 0.6 is 23.1 Å². The second-order valence-corrected chi connectivity index (χ2v) is 9.44. The third-order valence-corrected chi connectivity index (χ3v) is 7.26. The zero-order valence-electron chi connectivity index (χ0n) is 17.2. The monoisotopic (exact) mass is 446 g/mol. The van der Waals surface area contributed by atoms with Crippen molar-refractivity contribution in [1.82, 2.24) is 19.9 Å². The first-order valence-corrected chi connectivity index (χ1v) is 12.1. The van der Waals surface area contributed by atoms with E-state index in [-0.39, 0.29) is 0 Å². The van der Waals surface area contributed by atoms with E-state index in [1.54, 1.807) is 23.7 Å². The fourth-order valence-corrected chi connectivity index (χ4v) is 5.43. The van der Waals surface area contributed by atoms with Crippen molar-refractivity contribution in [3.8, 4) is 21.1 Å². The number of aromatic nitrogens is 4. The Hall–Kier alpha value is -2.97. The molecule has 1 saturated heterocycles. The normalized spacial score (nSPS) is 13.9. The van der Waals surface area contributed by atoms with Crippen LogP contribution in [0.2, 0.25) is 0 Å². The number of hydrogen-bond acceptors (Lipinski definition) is 8. The van der Waals surface area contributed by atoms with E-state index in [0.29, 0.717) is 5.95 Å². The molecule has 0 amide bonds. The highest BCUT2D eigenvalue weighted by Crippen LogP contribution is 2.34. The number of nitrogens with zero attached hydrogens (tertiary/aromatic N) is 5. The molecule has 0 saturated carbocycles. The lowest BCUT2D eigenvalue weighted by molar-refractivity contribution is 0.859. The van der Waals surface area contributed by atoms with Gasteiger partial charge in [0.15, 0.2) is 0 Å². The van der Waals surface area contributed by atoms with Crippen LogP contribution in [0.1, 0.15) is 5.69 Å². The molecule has 4 aromatic rings.